The van der Waals surface area contributed by atoms with Crippen LogP contribution >= 0.6 is 0 Å². The third-order valence-corrected chi connectivity index (χ3v) is 4.33. The quantitative estimate of drug-likeness (QED) is 0.893. The van der Waals surface area contributed by atoms with Crippen LogP contribution in [0.25, 0.3) is 0 Å². The maximum Gasteiger partial charge on any atom is 0.240 e. The van der Waals surface area contributed by atoms with E-state index in [2.05, 4.69) is 23.5 Å². The van der Waals surface area contributed by atoms with Gasteiger partial charge in [0.1, 0.15) is 6.04 Å². The van der Waals surface area contributed by atoms with Crippen molar-refractivity contribution in [1.29, 1.82) is 5.26 Å². The van der Waals surface area contributed by atoms with Gasteiger partial charge >= 0.3 is 0 Å². The van der Waals surface area contributed by atoms with E-state index in [9.17, 15) is 4.79 Å². The highest BCUT2D eigenvalue weighted by atomic mass is 16.2. The fraction of sp³-hybridized carbons (Fsp3) is 0.500. The molecule has 104 valence electrons. The molecule has 0 saturated carbocycles. The summed E-state index contributed by atoms with van der Waals surface area (Å²) in [6.07, 6.45) is 3.59. The van der Waals surface area contributed by atoms with Gasteiger partial charge in [0, 0.05) is 12.6 Å². The lowest BCUT2D eigenvalue weighted by Gasteiger charge is -2.24. The average Bonchev–Trinajstić information content (AvgIpc) is 3.16. The topological polar surface area (TPSA) is 56.1 Å². The van der Waals surface area contributed by atoms with E-state index in [-0.39, 0.29) is 24.0 Å². The maximum absolute atomic E-state index is 12.5. The van der Waals surface area contributed by atoms with E-state index in [1.165, 1.54) is 5.56 Å². The standard InChI is InChI=1S/C16H19N3O/c17-11-13-7-4-10-19(13)16(20)15-9-8-14(18-15)12-5-2-1-3-6-12/h1-3,5-6,13-15,18H,4,7-10H2/t13?,14-,15+/m1/s1. The smallest absolute Gasteiger partial charge is 0.240 e. The number of hydrogen-bond donors (Lipinski definition) is 1. The first-order valence-electron chi connectivity index (χ1n) is 7.30. The van der Waals surface area contributed by atoms with E-state index >= 15 is 0 Å². The zero-order valence-electron chi connectivity index (χ0n) is 11.5. The van der Waals surface area contributed by atoms with Crippen molar-refractivity contribution in [3.8, 4) is 6.07 Å². The molecule has 1 amide bonds. The summed E-state index contributed by atoms with van der Waals surface area (Å²) in [6.45, 7) is 0.727. The Morgan fingerprint density at radius 2 is 2.05 bits per heavy atom. The first-order chi connectivity index (χ1) is 9.79. The normalized spacial score (nSPS) is 29.4. The Morgan fingerprint density at radius 3 is 2.80 bits per heavy atom. The molecule has 2 saturated heterocycles. The number of carbonyl (C=O) groups is 1. The van der Waals surface area contributed by atoms with Gasteiger partial charge in [-0.05, 0) is 31.2 Å². The van der Waals surface area contributed by atoms with Crippen LogP contribution in [0.3, 0.4) is 0 Å². The maximum atomic E-state index is 12.5. The van der Waals surface area contributed by atoms with Crippen molar-refractivity contribution >= 4 is 5.91 Å². The Labute approximate surface area is 119 Å². The summed E-state index contributed by atoms with van der Waals surface area (Å²) in [5.41, 5.74) is 1.24. The van der Waals surface area contributed by atoms with Crippen LogP contribution in [0, 0.1) is 11.3 Å². The van der Waals surface area contributed by atoms with Crippen LogP contribution in [-0.4, -0.2) is 29.4 Å². The van der Waals surface area contributed by atoms with Crippen molar-refractivity contribution in [2.24, 2.45) is 0 Å². The van der Waals surface area contributed by atoms with E-state index in [0.717, 1.165) is 32.2 Å². The molecule has 4 nitrogen and oxygen atoms in total. The van der Waals surface area contributed by atoms with Crippen molar-refractivity contribution < 1.29 is 4.79 Å². The molecule has 1 aromatic rings. The Kier molecular flexibility index (Phi) is 3.70. The highest BCUT2D eigenvalue weighted by Gasteiger charge is 2.36. The van der Waals surface area contributed by atoms with Gasteiger partial charge in [0.25, 0.3) is 0 Å². The van der Waals surface area contributed by atoms with E-state index < -0.39 is 0 Å². The number of amides is 1. The van der Waals surface area contributed by atoms with Gasteiger partial charge in [-0.3, -0.25) is 10.1 Å². The highest BCUT2D eigenvalue weighted by molar-refractivity contribution is 5.83. The third kappa shape index (κ3) is 2.41. The molecule has 0 aromatic heterocycles. The average molecular weight is 269 g/mol. The SMILES string of the molecule is N#CC1CCCN1C(=O)[C@@H]1CC[C@H](c2ccccc2)N1. The number of nitrogens with one attached hydrogen (secondary N) is 1. The third-order valence-electron chi connectivity index (χ3n) is 4.33. The highest BCUT2D eigenvalue weighted by Crippen LogP contribution is 2.28. The van der Waals surface area contributed by atoms with Crippen LogP contribution in [0.4, 0.5) is 0 Å². The predicted molar refractivity (Wildman–Crippen MR) is 75.7 cm³/mol. The molecule has 2 aliphatic heterocycles. The monoisotopic (exact) mass is 269 g/mol. The molecule has 0 bridgehead atoms. The number of likely N-dealkylation sites (tertiary alicyclic amines) is 1. The molecular formula is C16H19N3O. The lowest BCUT2D eigenvalue weighted by atomic mass is 10.1. The molecule has 2 fully saturated rings. The second kappa shape index (κ2) is 5.64. The molecule has 4 heteroatoms. The second-order valence-corrected chi connectivity index (χ2v) is 5.58. The first kappa shape index (κ1) is 13.1. The molecule has 1 unspecified atom stereocenters. The zero-order chi connectivity index (χ0) is 13.9. The summed E-state index contributed by atoms with van der Waals surface area (Å²) >= 11 is 0. The number of nitriles is 1. The fourth-order valence-corrected chi connectivity index (χ4v) is 3.25. The molecule has 2 aliphatic rings. The van der Waals surface area contributed by atoms with Gasteiger partial charge in [0.15, 0.2) is 0 Å². The van der Waals surface area contributed by atoms with E-state index in [4.69, 9.17) is 5.26 Å². The van der Waals surface area contributed by atoms with Crippen molar-refractivity contribution in [2.75, 3.05) is 6.54 Å². The number of rotatable bonds is 2. The van der Waals surface area contributed by atoms with Crippen LogP contribution in [0.5, 0.6) is 0 Å². The first-order valence-corrected chi connectivity index (χ1v) is 7.30. The number of nitrogens with zero attached hydrogens (tertiary/aromatic N) is 2. The van der Waals surface area contributed by atoms with Gasteiger partial charge in [-0.15, -0.1) is 0 Å². The molecule has 0 radical (unpaired) electrons. The Hall–Kier alpha value is -1.86. The van der Waals surface area contributed by atoms with Crippen LogP contribution < -0.4 is 5.32 Å². The molecule has 1 N–H and O–H groups in total. The lowest BCUT2D eigenvalue weighted by Crippen LogP contribution is -2.45. The van der Waals surface area contributed by atoms with Crippen LogP contribution in [-0.2, 0) is 4.79 Å². The number of benzene rings is 1. The van der Waals surface area contributed by atoms with Gasteiger partial charge in [-0.1, -0.05) is 30.3 Å². The Bertz CT molecular complexity index is 522. The van der Waals surface area contributed by atoms with E-state index in [1.54, 1.807) is 4.90 Å². The summed E-state index contributed by atoms with van der Waals surface area (Å²) in [4.78, 5) is 14.3. The molecule has 0 aliphatic carbocycles. The van der Waals surface area contributed by atoms with Crippen molar-refractivity contribution in [1.82, 2.24) is 10.2 Å². The van der Waals surface area contributed by atoms with Gasteiger partial charge in [0.05, 0.1) is 12.1 Å². The molecule has 0 spiro atoms. The van der Waals surface area contributed by atoms with Gasteiger partial charge in [-0.25, -0.2) is 0 Å². The number of carbonyl (C=O) groups excluding carboxylic acids is 1. The van der Waals surface area contributed by atoms with E-state index in [1.807, 2.05) is 18.2 Å². The minimum atomic E-state index is -0.222. The Balaban J connectivity index is 1.65. The molecule has 1 aromatic carbocycles. The lowest BCUT2D eigenvalue weighted by molar-refractivity contribution is -0.133. The van der Waals surface area contributed by atoms with Crippen LogP contribution in [0.15, 0.2) is 30.3 Å². The minimum Gasteiger partial charge on any atom is -0.325 e. The van der Waals surface area contributed by atoms with Crippen molar-refractivity contribution in [3.05, 3.63) is 35.9 Å². The molecule has 3 rings (SSSR count). The summed E-state index contributed by atoms with van der Waals surface area (Å²) in [5.74, 6) is 0.104. The Morgan fingerprint density at radius 1 is 1.25 bits per heavy atom. The van der Waals surface area contributed by atoms with Gasteiger partial charge in [0.2, 0.25) is 5.91 Å². The zero-order valence-corrected chi connectivity index (χ0v) is 11.5. The van der Waals surface area contributed by atoms with Crippen molar-refractivity contribution in [2.45, 2.75) is 43.8 Å². The summed E-state index contributed by atoms with van der Waals surface area (Å²) in [5, 5.41) is 12.5. The fourth-order valence-electron chi connectivity index (χ4n) is 3.25. The molecule has 2 heterocycles. The summed E-state index contributed by atoms with van der Waals surface area (Å²) < 4.78 is 0. The van der Waals surface area contributed by atoms with E-state index in [0.29, 0.717) is 0 Å². The van der Waals surface area contributed by atoms with Crippen molar-refractivity contribution in [3.63, 3.8) is 0 Å². The van der Waals surface area contributed by atoms with Crippen LogP contribution in [0.2, 0.25) is 0 Å². The van der Waals surface area contributed by atoms with Gasteiger partial charge in [-0.2, -0.15) is 5.26 Å². The molecular weight excluding hydrogens is 250 g/mol. The summed E-state index contributed by atoms with van der Waals surface area (Å²) in [7, 11) is 0. The minimum absolute atomic E-state index is 0.104. The largest absolute Gasteiger partial charge is 0.325 e. The van der Waals surface area contributed by atoms with Crippen LogP contribution in [0.1, 0.15) is 37.3 Å². The van der Waals surface area contributed by atoms with Gasteiger partial charge < -0.3 is 4.90 Å². The molecule has 20 heavy (non-hydrogen) atoms. The second-order valence-electron chi connectivity index (χ2n) is 5.58. The predicted octanol–water partition coefficient (Wildman–Crippen LogP) is 1.99. The molecule has 3 atom stereocenters. The number of hydrogen-bond acceptors (Lipinski definition) is 3. The summed E-state index contributed by atoms with van der Waals surface area (Å²) in [6, 6.07) is 12.4.